The first-order valence-corrected chi connectivity index (χ1v) is 22.8. The molecule has 10 aromatic carbocycles. The van der Waals surface area contributed by atoms with Crippen LogP contribution in [0.25, 0.3) is 122 Å². The fraction of sp³-hybridized carbons (Fsp3) is 0. The fourth-order valence-electron chi connectivity index (χ4n) is 10.2. The largest absolute Gasteiger partial charge is 0.295 e. The van der Waals surface area contributed by atoms with Gasteiger partial charge in [-0.25, -0.2) is 15.0 Å². The van der Waals surface area contributed by atoms with Gasteiger partial charge in [0.25, 0.3) is 0 Å². The van der Waals surface area contributed by atoms with Crippen molar-refractivity contribution in [3.05, 3.63) is 212 Å². The summed E-state index contributed by atoms with van der Waals surface area (Å²) in [7, 11) is 0. The van der Waals surface area contributed by atoms with E-state index in [4.69, 9.17) is 15.0 Å². The van der Waals surface area contributed by atoms with Crippen LogP contribution in [0.3, 0.4) is 0 Å². The van der Waals surface area contributed by atoms with Gasteiger partial charge in [0.15, 0.2) is 17.5 Å². The van der Waals surface area contributed by atoms with Crippen molar-refractivity contribution >= 4 is 76.9 Å². The Morgan fingerprint density at radius 1 is 0.354 bits per heavy atom. The quantitative estimate of drug-likeness (QED) is 0.162. The van der Waals surface area contributed by atoms with Crippen molar-refractivity contribution in [3.63, 3.8) is 0 Å². The monoisotopic (exact) mass is 845 g/mol. The van der Waals surface area contributed by atoms with Gasteiger partial charge in [-0.15, -0.1) is 0 Å². The number of nitrogens with zero attached hydrogens (tertiary/aromatic N) is 5. The minimum atomic E-state index is 0.626. The average molecular weight is 846 g/mol. The van der Waals surface area contributed by atoms with E-state index in [1.165, 1.54) is 59.1 Å². The molecule has 0 N–H and O–H groups in total. The third-order valence-corrected chi connectivity index (χ3v) is 14.2. The SMILES string of the molecule is c1ccc(-n2c3ccccc3c3c4cccc5c4n(c32)-c2cc(-c3cccc(-c4nc(-c6cccc7ccccc67)nc(-c6cc7ccccc7c7ccccc67)n4)c3)ccc2S5)cc1. The fourth-order valence-corrected chi connectivity index (χ4v) is 11.3. The third-order valence-electron chi connectivity index (χ3n) is 13.1. The lowest BCUT2D eigenvalue weighted by Gasteiger charge is -2.22. The summed E-state index contributed by atoms with van der Waals surface area (Å²) in [6.45, 7) is 0. The van der Waals surface area contributed by atoms with Gasteiger partial charge in [0.1, 0.15) is 5.65 Å². The molecule has 4 heterocycles. The molecule has 302 valence electrons. The van der Waals surface area contributed by atoms with Gasteiger partial charge in [-0.1, -0.05) is 176 Å². The first-order chi connectivity index (χ1) is 32.2. The normalized spacial score (nSPS) is 12.2. The van der Waals surface area contributed by atoms with Gasteiger partial charge in [-0.3, -0.25) is 9.13 Å². The molecule has 0 saturated heterocycles. The van der Waals surface area contributed by atoms with Gasteiger partial charge < -0.3 is 0 Å². The second kappa shape index (κ2) is 14.1. The summed E-state index contributed by atoms with van der Waals surface area (Å²) in [5.74, 6) is 1.91. The van der Waals surface area contributed by atoms with Crippen LogP contribution in [0.5, 0.6) is 0 Å². The molecule has 13 aromatic rings. The first kappa shape index (κ1) is 36.2. The summed E-state index contributed by atoms with van der Waals surface area (Å²) in [6, 6.07) is 76.0. The molecule has 0 unspecified atom stereocenters. The molecule has 0 atom stereocenters. The Balaban J connectivity index is 0.974. The highest BCUT2D eigenvalue weighted by atomic mass is 32.2. The van der Waals surface area contributed by atoms with Crippen LogP contribution in [0.4, 0.5) is 0 Å². The number of hydrogen-bond donors (Lipinski definition) is 0. The molecule has 0 radical (unpaired) electrons. The lowest BCUT2D eigenvalue weighted by Crippen LogP contribution is -2.06. The second-order valence-corrected chi connectivity index (χ2v) is 17.8. The van der Waals surface area contributed by atoms with E-state index in [9.17, 15) is 0 Å². The highest BCUT2D eigenvalue weighted by molar-refractivity contribution is 7.99. The van der Waals surface area contributed by atoms with E-state index in [1.54, 1.807) is 0 Å². The summed E-state index contributed by atoms with van der Waals surface area (Å²) >= 11 is 1.85. The lowest BCUT2D eigenvalue weighted by molar-refractivity contribution is 1.03. The van der Waals surface area contributed by atoms with Crippen LogP contribution in [-0.2, 0) is 0 Å². The number of para-hydroxylation sites is 3. The number of fused-ring (bicyclic) bond motifs is 11. The molecule has 1 aliphatic heterocycles. The Morgan fingerprint density at radius 2 is 0.985 bits per heavy atom. The van der Waals surface area contributed by atoms with E-state index in [0.29, 0.717) is 17.5 Å². The second-order valence-electron chi connectivity index (χ2n) is 16.8. The molecule has 0 spiro atoms. The Kier molecular flexibility index (Phi) is 7.85. The standard InChI is InChI=1S/C59H35N5S/c1-2-20-41(21-3-1)63-50-29-11-10-26-47(50)54-48-28-14-30-53-55(48)64(59(54)63)51-35-38(31-32-52(51)65-53)37-18-12-19-40(33-37)56-60-57(46-27-13-17-36-15-4-6-22-42(36)46)62-58(61-56)49-34-39-16-5-7-23-43(39)44-24-8-9-25-45(44)49/h1-35H. The van der Waals surface area contributed by atoms with Gasteiger partial charge in [-0.2, -0.15) is 0 Å². The maximum Gasteiger partial charge on any atom is 0.164 e. The van der Waals surface area contributed by atoms with E-state index in [0.717, 1.165) is 55.0 Å². The number of rotatable bonds is 5. The summed E-state index contributed by atoms with van der Waals surface area (Å²) < 4.78 is 4.95. The molecule has 0 aliphatic carbocycles. The number of aromatic nitrogens is 5. The maximum absolute atomic E-state index is 5.35. The number of benzene rings is 10. The molecule has 65 heavy (non-hydrogen) atoms. The zero-order chi connectivity index (χ0) is 42.6. The number of hydrogen-bond acceptors (Lipinski definition) is 4. The molecule has 3 aromatic heterocycles. The highest BCUT2D eigenvalue weighted by Crippen LogP contribution is 2.50. The van der Waals surface area contributed by atoms with Gasteiger partial charge in [0.05, 0.1) is 16.7 Å². The van der Waals surface area contributed by atoms with Gasteiger partial charge >= 0.3 is 0 Å². The molecule has 0 fully saturated rings. The first-order valence-electron chi connectivity index (χ1n) is 21.9. The molecule has 6 heteroatoms. The topological polar surface area (TPSA) is 48.5 Å². The van der Waals surface area contributed by atoms with E-state index < -0.39 is 0 Å². The van der Waals surface area contributed by atoms with Crippen molar-refractivity contribution in [1.82, 2.24) is 24.1 Å². The van der Waals surface area contributed by atoms with Crippen LogP contribution in [0.2, 0.25) is 0 Å². The molecule has 0 amide bonds. The van der Waals surface area contributed by atoms with Gasteiger partial charge in [-0.05, 0) is 92.0 Å². The van der Waals surface area contributed by atoms with E-state index in [2.05, 4.69) is 221 Å². The molecule has 1 aliphatic rings. The summed E-state index contributed by atoms with van der Waals surface area (Å²) in [5.41, 5.74) is 11.0. The highest BCUT2D eigenvalue weighted by Gasteiger charge is 2.28. The average Bonchev–Trinajstić information content (AvgIpc) is 3.90. The van der Waals surface area contributed by atoms with Crippen molar-refractivity contribution in [1.29, 1.82) is 0 Å². The van der Waals surface area contributed by atoms with E-state index in [-0.39, 0.29) is 0 Å². The molecular formula is C59H35N5S. The zero-order valence-corrected chi connectivity index (χ0v) is 35.7. The van der Waals surface area contributed by atoms with Crippen molar-refractivity contribution in [2.45, 2.75) is 9.79 Å². The van der Waals surface area contributed by atoms with Crippen LogP contribution < -0.4 is 0 Å². The van der Waals surface area contributed by atoms with Gasteiger partial charge in [0, 0.05) is 48.3 Å². The van der Waals surface area contributed by atoms with Crippen LogP contribution in [0.1, 0.15) is 0 Å². The molecule has 14 rings (SSSR count). The van der Waals surface area contributed by atoms with Crippen LogP contribution in [0, 0.1) is 0 Å². The van der Waals surface area contributed by atoms with Crippen LogP contribution >= 0.6 is 11.8 Å². The van der Waals surface area contributed by atoms with Crippen LogP contribution in [-0.4, -0.2) is 24.1 Å². The Bertz CT molecular complexity index is 4100. The third kappa shape index (κ3) is 5.51. The minimum absolute atomic E-state index is 0.626. The molecule has 0 saturated carbocycles. The molecular weight excluding hydrogens is 811 g/mol. The van der Waals surface area contributed by atoms with Crippen molar-refractivity contribution in [3.8, 4) is 56.7 Å². The van der Waals surface area contributed by atoms with Crippen molar-refractivity contribution in [2.24, 2.45) is 0 Å². The minimum Gasteiger partial charge on any atom is -0.295 e. The predicted molar refractivity (Wildman–Crippen MR) is 269 cm³/mol. The van der Waals surface area contributed by atoms with Gasteiger partial charge in [0.2, 0.25) is 0 Å². The smallest absolute Gasteiger partial charge is 0.164 e. The van der Waals surface area contributed by atoms with E-state index >= 15 is 0 Å². The molecule has 0 bridgehead atoms. The van der Waals surface area contributed by atoms with E-state index in [1.807, 2.05) is 11.8 Å². The van der Waals surface area contributed by atoms with Crippen molar-refractivity contribution < 1.29 is 0 Å². The maximum atomic E-state index is 5.35. The Hall–Kier alpha value is -8.32. The summed E-state index contributed by atoms with van der Waals surface area (Å²) in [5, 5.41) is 10.7. The molecule has 5 nitrogen and oxygen atoms in total. The van der Waals surface area contributed by atoms with Crippen LogP contribution in [0.15, 0.2) is 222 Å². The summed E-state index contributed by atoms with van der Waals surface area (Å²) in [6.07, 6.45) is 0. The Labute approximate surface area is 377 Å². The Morgan fingerprint density at radius 3 is 1.86 bits per heavy atom. The predicted octanol–water partition coefficient (Wildman–Crippen LogP) is 15.5. The summed E-state index contributed by atoms with van der Waals surface area (Å²) in [4.78, 5) is 18.4. The van der Waals surface area contributed by atoms with Crippen molar-refractivity contribution in [2.75, 3.05) is 0 Å². The zero-order valence-electron chi connectivity index (χ0n) is 34.9. The lowest BCUT2D eigenvalue weighted by atomic mass is 9.96.